The summed E-state index contributed by atoms with van der Waals surface area (Å²) >= 11 is 0. The topological polar surface area (TPSA) is 20.2 Å². The number of halogens is 4. The molecule has 1 nitrogen and oxygen atoms in total. The van der Waals surface area contributed by atoms with Gasteiger partial charge in [-0.2, -0.15) is 0 Å². The summed E-state index contributed by atoms with van der Waals surface area (Å²) in [5, 5.41) is 9.16. The van der Waals surface area contributed by atoms with Gasteiger partial charge in [0.1, 0.15) is 0 Å². The monoisotopic (exact) mass is 558 g/mol. The van der Waals surface area contributed by atoms with E-state index < -0.39 is 24.4 Å². The van der Waals surface area contributed by atoms with Crippen LogP contribution >= 0.6 is 0 Å². The molecular weight excluding hydrogens is 539 g/mol. The second-order valence-electron chi connectivity index (χ2n) is 7.45. The van der Waals surface area contributed by atoms with Gasteiger partial charge < -0.3 is 5.11 Å². The molecule has 6 heteroatoms. The van der Waals surface area contributed by atoms with Crippen molar-refractivity contribution in [2.24, 2.45) is 35.5 Å². The molecule has 4 aliphatic carbocycles. The summed E-state index contributed by atoms with van der Waals surface area (Å²) < 4.78 is 52.5. The van der Waals surface area contributed by atoms with E-state index in [0.717, 1.165) is 19.3 Å². The van der Waals surface area contributed by atoms with Crippen molar-refractivity contribution in [3.63, 3.8) is 0 Å². The second-order valence-corrected chi connectivity index (χ2v) is 7.45. The molecule has 4 bridgehead atoms. The van der Waals surface area contributed by atoms with Crippen LogP contribution in [0.2, 0.25) is 0 Å². The van der Waals surface area contributed by atoms with Gasteiger partial charge in [-0.25, -0.2) is 17.6 Å². The zero-order valence-corrected chi connectivity index (χ0v) is 18.3. The molecule has 4 aliphatic rings. The third-order valence-electron chi connectivity index (χ3n) is 6.67. The van der Waals surface area contributed by atoms with Gasteiger partial charge in [0.2, 0.25) is 0 Å². The number of fused-ring (bicyclic) bond motifs is 9. The average molecular weight is 558 g/mol. The quantitative estimate of drug-likeness (QED) is 0.306. The summed E-state index contributed by atoms with van der Waals surface area (Å²) in [7, 11) is 0. The SMILES string of the molecule is O[C-](CC1(F)CC2CC1C1C3CCC(C3)C21)C(F)(F)F.[Rf]. The van der Waals surface area contributed by atoms with Gasteiger partial charge in [-0.3, -0.25) is 0 Å². The fourth-order valence-corrected chi connectivity index (χ4v) is 6.26. The molecular formula is C15H19F4ORf-. The van der Waals surface area contributed by atoms with Crippen LogP contribution in [0.15, 0.2) is 0 Å². The largest absolute Gasteiger partial charge is 0.554 e. The maximum Gasteiger partial charge on any atom is 0.294 e. The zero-order valence-electron chi connectivity index (χ0n) is 11.9. The number of hydrogen-bond donors (Lipinski definition) is 1. The van der Waals surface area contributed by atoms with Gasteiger partial charge in [-0.15, -0.1) is 6.42 Å². The standard InChI is InChI=1S/C15H19F4O.Rf/c16-14(6-11(20)15(17,18)19)5-9-4-10(14)13-8-2-1-7(3-8)12(9)13;/h7-10,12-13,20H,1-6H2;/q-1;. The maximum absolute atomic E-state index is 15.1. The van der Waals surface area contributed by atoms with Crippen molar-refractivity contribution in [2.75, 3.05) is 0 Å². The molecule has 4 saturated carbocycles. The third kappa shape index (κ3) is 1.80. The summed E-state index contributed by atoms with van der Waals surface area (Å²) in [5.41, 5.74) is -1.82. The Hall–Kier alpha value is -1.32. The Bertz CT molecular complexity index is 428. The van der Waals surface area contributed by atoms with Crippen molar-refractivity contribution in [3.8, 4) is 0 Å². The van der Waals surface area contributed by atoms with Gasteiger partial charge in [-0.05, 0) is 67.6 Å². The molecule has 4 rings (SSSR count). The number of alkyl halides is 4. The Morgan fingerprint density at radius 3 is 2.29 bits per heavy atom. The van der Waals surface area contributed by atoms with Crippen molar-refractivity contribution in [3.05, 3.63) is 6.10 Å². The predicted octanol–water partition coefficient (Wildman–Crippen LogP) is 4.25. The van der Waals surface area contributed by atoms with Gasteiger partial charge in [-0.1, -0.05) is 6.10 Å². The van der Waals surface area contributed by atoms with Crippen molar-refractivity contribution in [1.29, 1.82) is 0 Å². The van der Waals surface area contributed by atoms with Crippen molar-refractivity contribution in [1.82, 2.24) is 0 Å². The van der Waals surface area contributed by atoms with Crippen LogP contribution in [0.1, 0.15) is 38.5 Å². The molecule has 116 valence electrons. The molecule has 1 N–H and O–H groups in total. The van der Waals surface area contributed by atoms with Crippen LogP contribution in [-0.2, 0) is 0 Å². The summed E-state index contributed by atoms with van der Waals surface area (Å²) in [6.07, 6.45) is -2.77. The van der Waals surface area contributed by atoms with Crippen molar-refractivity contribution in [2.45, 2.75) is 50.4 Å². The number of aliphatic hydroxyl groups excluding tert-OH is 1. The fourth-order valence-electron chi connectivity index (χ4n) is 6.26. The van der Waals surface area contributed by atoms with E-state index in [1.165, 1.54) is 6.42 Å². The predicted molar refractivity (Wildman–Crippen MR) is 63.7 cm³/mol. The van der Waals surface area contributed by atoms with Gasteiger partial charge in [0.05, 0.1) is 5.67 Å². The minimum Gasteiger partial charge on any atom is -0.554 e. The molecule has 7 unspecified atom stereocenters. The van der Waals surface area contributed by atoms with Crippen molar-refractivity contribution >= 4 is 0 Å². The molecule has 7 atom stereocenters. The van der Waals surface area contributed by atoms with Crippen LogP contribution in [0, 0.1) is 41.6 Å². The normalized spacial score (nSPS) is 50.6. The first-order valence-electron chi connectivity index (χ1n) is 7.60. The van der Waals surface area contributed by atoms with E-state index in [9.17, 15) is 13.2 Å². The van der Waals surface area contributed by atoms with E-state index in [0.29, 0.717) is 23.7 Å². The summed E-state index contributed by atoms with van der Waals surface area (Å²) in [5.74, 6) is 2.09. The summed E-state index contributed by atoms with van der Waals surface area (Å²) in [6.45, 7) is 0. The number of rotatable bonds is 2. The molecule has 0 aromatic rings. The first-order valence-corrected chi connectivity index (χ1v) is 7.60. The van der Waals surface area contributed by atoms with Gasteiger partial charge in [0.15, 0.2) is 0 Å². The molecule has 0 heterocycles. The van der Waals surface area contributed by atoms with Crippen LogP contribution in [0.25, 0.3) is 0 Å². The molecule has 0 radical (unpaired) electrons. The van der Waals surface area contributed by atoms with E-state index in [1.54, 1.807) is 0 Å². The first-order chi connectivity index (χ1) is 9.29. The Kier molecular flexibility index (Phi) is 2.86. The Morgan fingerprint density at radius 2 is 1.67 bits per heavy atom. The zero-order chi connectivity index (χ0) is 14.3. The van der Waals surface area contributed by atoms with E-state index in [1.807, 2.05) is 0 Å². The van der Waals surface area contributed by atoms with E-state index in [4.69, 9.17) is 5.11 Å². The first kappa shape index (κ1) is 14.6. The number of hydrogen-bond acceptors (Lipinski definition) is 1. The Labute approximate surface area is 115 Å². The van der Waals surface area contributed by atoms with Gasteiger partial charge >= 0.3 is 0 Å². The van der Waals surface area contributed by atoms with E-state index in [-0.39, 0.29) is 18.3 Å². The molecule has 0 aliphatic heterocycles. The molecule has 0 aromatic heterocycles. The van der Waals surface area contributed by atoms with Gasteiger partial charge in [0, 0.05) is 0 Å². The molecule has 0 aromatic carbocycles. The van der Waals surface area contributed by atoms with Crippen LogP contribution in [0.5, 0.6) is 0 Å². The molecule has 4 fully saturated rings. The Morgan fingerprint density at radius 1 is 1.05 bits per heavy atom. The smallest absolute Gasteiger partial charge is 0.294 e. The fraction of sp³-hybridized carbons (Fsp3) is 0.933. The average Bonchev–Trinajstić information content (AvgIpc) is 3.02. The minimum absolute atomic E-state index is 0. The second kappa shape index (κ2) is 4.11. The summed E-state index contributed by atoms with van der Waals surface area (Å²) in [4.78, 5) is 0. The number of aliphatic hydroxyl groups is 1. The van der Waals surface area contributed by atoms with Crippen LogP contribution in [-0.4, -0.2) is 17.0 Å². The molecule has 0 spiro atoms. The summed E-state index contributed by atoms with van der Waals surface area (Å²) in [6, 6.07) is 0. The molecule has 0 saturated heterocycles. The van der Waals surface area contributed by atoms with Gasteiger partial charge in [0.25, 0.3) is 6.18 Å². The van der Waals surface area contributed by atoms with Crippen LogP contribution in [0.3, 0.4) is 0 Å². The van der Waals surface area contributed by atoms with Crippen LogP contribution < -0.4 is 0 Å². The molecule has 0 amide bonds. The Balaban J connectivity index is 0.00000132. The van der Waals surface area contributed by atoms with Crippen LogP contribution in [0.4, 0.5) is 17.6 Å². The minimum atomic E-state index is -4.78. The van der Waals surface area contributed by atoms with E-state index >= 15 is 4.39 Å². The van der Waals surface area contributed by atoms with Crippen molar-refractivity contribution < 1.29 is 22.7 Å². The molecule has 21 heavy (non-hydrogen) atoms. The van der Waals surface area contributed by atoms with E-state index in [2.05, 4.69) is 0 Å². The third-order valence-corrected chi connectivity index (χ3v) is 6.67. The maximum atomic E-state index is 15.1.